The first-order valence-electron chi connectivity index (χ1n) is 10.6. The van der Waals surface area contributed by atoms with Crippen LogP contribution in [0.2, 0.25) is 0 Å². The minimum atomic E-state index is -2.76. The van der Waals surface area contributed by atoms with E-state index in [1.165, 1.54) is 9.13 Å². The van der Waals surface area contributed by atoms with Crippen LogP contribution in [-0.2, 0) is 11.8 Å². The van der Waals surface area contributed by atoms with Gasteiger partial charge in [0.25, 0.3) is 6.43 Å². The summed E-state index contributed by atoms with van der Waals surface area (Å²) in [5.41, 5.74) is 0.959. The van der Waals surface area contributed by atoms with Gasteiger partial charge in [-0.2, -0.15) is 0 Å². The van der Waals surface area contributed by atoms with E-state index < -0.39 is 22.7 Å². The first kappa shape index (κ1) is 24.6. The number of ether oxygens (including phenoxy) is 1. The lowest BCUT2D eigenvalue weighted by atomic mass is 10.1. The minimum absolute atomic E-state index is 0.0815. The summed E-state index contributed by atoms with van der Waals surface area (Å²) in [6.07, 6.45) is -3.12. The molecule has 3 aromatic rings. The zero-order valence-corrected chi connectivity index (χ0v) is 21.8. The summed E-state index contributed by atoms with van der Waals surface area (Å²) < 4.78 is 35.2. The van der Waals surface area contributed by atoms with E-state index in [-0.39, 0.29) is 17.3 Å². The summed E-state index contributed by atoms with van der Waals surface area (Å²) in [6, 6.07) is 3.53. The summed E-state index contributed by atoms with van der Waals surface area (Å²) in [4.78, 5) is 29.5. The molecule has 1 atom stereocenters. The lowest BCUT2D eigenvalue weighted by Gasteiger charge is -2.41. The van der Waals surface area contributed by atoms with Crippen molar-refractivity contribution in [3.63, 3.8) is 0 Å². The highest BCUT2D eigenvalue weighted by Crippen LogP contribution is 2.34. The fourth-order valence-electron chi connectivity index (χ4n) is 4.03. The molecule has 1 amide bonds. The number of aromatic nitrogens is 4. The SMILES string of the molecule is C[C@@H]1CN(c2cc(Br)cc3c2n(C)c(=O)n3-c2nnc(C(F)F)s2)CCN1C(=O)OC(C)(C)C. The van der Waals surface area contributed by atoms with Crippen molar-refractivity contribution < 1.29 is 18.3 Å². The number of imidazole rings is 1. The molecule has 34 heavy (non-hydrogen) atoms. The van der Waals surface area contributed by atoms with Crippen molar-refractivity contribution in [1.82, 2.24) is 24.2 Å². The number of halogens is 3. The molecular formula is C21H25BrF2N6O3S. The summed E-state index contributed by atoms with van der Waals surface area (Å²) in [6.45, 7) is 8.95. The number of alkyl halides is 2. The normalized spacial score (nSPS) is 17.1. The standard InChI is InChI=1S/C21H25BrF2N6O3S/c1-11-10-28(6-7-29(11)20(32)33-21(2,3)4)13-8-12(22)9-14-15(13)27(5)19(31)30(14)18-26-25-17(34-18)16(23)24/h8-9,11,16H,6-7,10H2,1-5H3/t11-/m1/s1. The largest absolute Gasteiger partial charge is 0.444 e. The fourth-order valence-corrected chi connectivity index (χ4v) is 5.17. The van der Waals surface area contributed by atoms with E-state index >= 15 is 0 Å². The molecule has 4 rings (SSSR count). The Morgan fingerprint density at radius 3 is 2.56 bits per heavy atom. The molecule has 1 fully saturated rings. The van der Waals surface area contributed by atoms with Gasteiger partial charge < -0.3 is 14.5 Å². The van der Waals surface area contributed by atoms with Crippen molar-refractivity contribution in [2.75, 3.05) is 24.5 Å². The van der Waals surface area contributed by atoms with Crippen molar-refractivity contribution in [3.05, 3.63) is 32.1 Å². The summed E-state index contributed by atoms with van der Waals surface area (Å²) in [5, 5.41) is 6.99. The predicted molar refractivity (Wildman–Crippen MR) is 129 cm³/mol. The van der Waals surface area contributed by atoms with Crippen LogP contribution in [0.1, 0.15) is 39.1 Å². The third kappa shape index (κ3) is 4.54. The monoisotopic (exact) mass is 558 g/mol. The average molecular weight is 559 g/mol. The van der Waals surface area contributed by atoms with Gasteiger partial charge in [-0.15, -0.1) is 10.2 Å². The van der Waals surface area contributed by atoms with Crippen molar-refractivity contribution in [2.24, 2.45) is 7.05 Å². The number of aryl methyl sites for hydroxylation is 1. The molecule has 2 aromatic heterocycles. The Kier molecular flexibility index (Phi) is 6.44. The zero-order valence-electron chi connectivity index (χ0n) is 19.4. The van der Waals surface area contributed by atoms with Gasteiger partial charge in [0.1, 0.15) is 5.60 Å². The van der Waals surface area contributed by atoms with Crippen molar-refractivity contribution in [1.29, 1.82) is 0 Å². The molecule has 3 heterocycles. The van der Waals surface area contributed by atoms with Gasteiger partial charge in [-0.1, -0.05) is 27.3 Å². The molecule has 1 aliphatic heterocycles. The van der Waals surface area contributed by atoms with Gasteiger partial charge >= 0.3 is 11.8 Å². The maximum Gasteiger partial charge on any atom is 0.410 e. The lowest BCUT2D eigenvalue weighted by molar-refractivity contribution is 0.0159. The van der Waals surface area contributed by atoms with Crippen molar-refractivity contribution in [2.45, 2.75) is 45.8 Å². The van der Waals surface area contributed by atoms with Crippen LogP contribution in [-0.4, -0.2) is 61.6 Å². The topological polar surface area (TPSA) is 85.5 Å². The Morgan fingerprint density at radius 1 is 1.26 bits per heavy atom. The molecule has 1 aliphatic rings. The number of benzene rings is 1. The highest BCUT2D eigenvalue weighted by Gasteiger charge is 2.32. The third-order valence-corrected chi connectivity index (χ3v) is 6.87. The number of hydrogen-bond donors (Lipinski definition) is 0. The molecular weight excluding hydrogens is 534 g/mol. The van der Waals surface area contributed by atoms with Crippen LogP contribution >= 0.6 is 27.3 Å². The summed E-state index contributed by atoms with van der Waals surface area (Å²) in [5.74, 6) is 0. The third-order valence-electron chi connectivity index (χ3n) is 5.49. The number of rotatable bonds is 3. The molecule has 184 valence electrons. The van der Waals surface area contributed by atoms with E-state index in [1.807, 2.05) is 33.8 Å². The van der Waals surface area contributed by atoms with E-state index in [4.69, 9.17) is 4.74 Å². The van der Waals surface area contributed by atoms with Gasteiger partial charge in [-0.25, -0.2) is 22.9 Å². The Hall–Kier alpha value is -2.54. The Labute approximate surface area is 207 Å². The number of amides is 1. The minimum Gasteiger partial charge on any atom is -0.444 e. The second kappa shape index (κ2) is 8.91. The number of carbonyl (C=O) groups is 1. The second-order valence-corrected chi connectivity index (χ2v) is 11.1. The maximum atomic E-state index is 13.1. The van der Waals surface area contributed by atoms with Gasteiger partial charge in [0.2, 0.25) is 5.13 Å². The number of carbonyl (C=O) groups excluding carboxylic acids is 1. The van der Waals surface area contributed by atoms with Gasteiger partial charge in [0.05, 0.1) is 16.7 Å². The van der Waals surface area contributed by atoms with Crippen molar-refractivity contribution >= 4 is 50.1 Å². The number of piperazine rings is 1. The number of nitrogens with zero attached hydrogens (tertiary/aromatic N) is 6. The molecule has 0 saturated carbocycles. The fraction of sp³-hybridized carbons (Fsp3) is 0.524. The highest BCUT2D eigenvalue weighted by atomic mass is 79.9. The Balaban J connectivity index is 1.72. The summed E-state index contributed by atoms with van der Waals surface area (Å²) >= 11 is 4.20. The molecule has 0 aliphatic carbocycles. The smallest absolute Gasteiger partial charge is 0.410 e. The van der Waals surface area contributed by atoms with Gasteiger partial charge in [-0.05, 0) is 39.8 Å². The average Bonchev–Trinajstić information content (AvgIpc) is 3.29. The molecule has 13 heteroatoms. The first-order valence-corrected chi connectivity index (χ1v) is 12.3. The molecule has 0 radical (unpaired) electrons. The van der Waals surface area contributed by atoms with E-state index in [1.54, 1.807) is 18.0 Å². The molecule has 0 bridgehead atoms. The van der Waals surface area contributed by atoms with Gasteiger partial charge in [0, 0.05) is 37.2 Å². The highest BCUT2D eigenvalue weighted by molar-refractivity contribution is 9.10. The zero-order chi connectivity index (χ0) is 24.9. The Morgan fingerprint density at radius 2 is 1.97 bits per heavy atom. The van der Waals surface area contributed by atoms with Crippen LogP contribution in [0.15, 0.2) is 21.4 Å². The van der Waals surface area contributed by atoms with E-state index in [2.05, 4.69) is 31.0 Å². The van der Waals surface area contributed by atoms with Crippen LogP contribution < -0.4 is 10.6 Å². The molecule has 0 spiro atoms. The number of anilines is 1. The molecule has 1 saturated heterocycles. The van der Waals surface area contributed by atoms with Crippen LogP contribution in [0, 0.1) is 0 Å². The number of hydrogen-bond acceptors (Lipinski definition) is 7. The van der Waals surface area contributed by atoms with E-state index in [0.29, 0.717) is 42.0 Å². The Bertz CT molecular complexity index is 1300. The number of fused-ring (bicyclic) bond motifs is 1. The quantitative estimate of drug-likeness (QED) is 0.475. The first-order chi connectivity index (χ1) is 15.9. The lowest BCUT2D eigenvalue weighted by Crippen LogP contribution is -2.55. The van der Waals surface area contributed by atoms with E-state index in [0.717, 1.165) is 10.2 Å². The van der Waals surface area contributed by atoms with Gasteiger partial charge in [0.15, 0.2) is 5.01 Å². The van der Waals surface area contributed by atoms with Crippen LogP contribution in [0.3, 0.4) is 0 Å². The second-order valence-electron chi connectivity index (χ2n) is 9.16. The molecule has 0 unspecified atom stereocenters. The van der Waals surface area contributed by atoms with Gasteiger partial charge in [-0.3, -0.25) is 4.57 Å². The molecule has 1 aromatic carbocycles. The molecule has 9 nitrogen and oxygen atoms in total. The van der Waals surface area contributed by atoms with Crippen LogP contribution in [0.5, 0.6) is 0 Å². The predicted octanol–water partition coefficient (Wildman–Crippen LogP) is 4.33. The molecule has 0 N–H and O–H groups in total. The van der Waals surface area contributed by atoms with Crippen molar-refractivity contribution in [3.8, 4) is 5.13 Å². The maximum absolute atomic E-state index is 13.1. The van der Waals surface area contributed by atoms with E-state index in [9.17, 15) is 18.4 Å². The van der Waals surface area contributed by atoms with Crippen LogP contribution in [0.25, 0.3) is 16.2 Å². The summed E-state index contributed by atoms with van der Waals surface area (Å²) in [7, 11) is 1.63. The van der Waals surface area contributed by atoms with Crippen LogP contribution in [0.4, 0.5) is 19.3 Å².